The Morgan fingerprint density at radius 3 is 2.40 bits per heavy atom. The fraction of sp³-hybridized carbons (Fsp3) is 0.133. The van der Waals surface area contributed by atoms with Crippen molar-refractivity contribution in [2.24, 2.45) is 0 Å². The second kappa shape index (κ2) is 6.27. The number of halogens is 2. The maximum Gasteiger partial charge on any atom is 0.257 e. The maximum absolute atomic E-state index is 12.1. The lowest BCUT2D eigenvalue weighted by Gasteiger charge is -2.09. The second-order valence-electron chi connectivity index (χ2n) is 4.38. The molecule has 0 bridgehead atoms. The normalized spacial score (nSPS) is 12.0. The summed E-state index contributed by atoms with van der Waals surface area (Å²) in [4.78, 5) is 12.1. The highest BCUT2D eigenvalue weighted by Crippen LogP contribution is 2.22. The average Bonchev–Trinajstić information content (AvgIpc) is 2.42. The SMILES string of the molecule is CC(O)c1ccc(NC(=O)c2cc(Cl)ccc2Cl)cc1. The van der Waals surface area contributed by atoms with Crippen LogP contribution in [0.25, 0.3) is 0 Å². The van der Waals surface area contributed by atoms with Crippen LogP contribution in [0.3, 0.4) is 0 Å². The van der Waals surface area contributed by atoms with Crippen LogP contribution in [-0.4, -0.2) is 11.0 Å². The first kappa shape index (κ1) is 14.9. The van der Waals surface area contributed by atoms with Gasteiger partial charge in [-0.05, 0) is 42.8 Å². The lowest BCUT2D eigenvalue weighted by Crippen LogP contribution is -2.12. The molecule has 2 aromatic rings. The van der Waals surface area contributed by atoms with Gasteiger partial charge < -0.3 is 10.4 Å². The van der Waals surface area contributed by atoms with Crippen LogP contribution in [-0.2, 0) is 0 Å². The quantitative estimate of drug-likeness (QED) is 0.888. The summed E-state index contributed by atoms with van der Waals surface area (Å²) in [6.45, 7) is 1.68. The summed E-state index contributed by atoms with van der Waals surface area (Å²) >= 11 is 11.8. The van der Waals surface area contributed by atoms with E-state index in [4.69, 9.17) is 23.2 Å². The van der Waals surface area contributed by atoms with E-state index in [-0.39, 0.29) is 5.91 Å². The monoisotopic (exact) mass is 309 g/mol. The number of aliphatic hydroxyl groups excluding tert-OH is 1. The number of benzene rings is 2. The van der Waals surface area contributed by atoms with Crippen molar-refractivity contribution in [3.05, 3.63) is 63.6 Å². The van der Waals surface area contributed by atoms with Gasteiger partial charge in [0.05, 0.1) is 16.7 Å². The second-order valence-corrected chi connectivity index (χ2v) is 5.22. The first-order chi connectivity index (χ1) is 9.47. The number of carbonyl (C=O) groups is 1. The molecule has 0 spiro atoms. The van der Waals surface area contributed by atoms with Crippen LogP contribution >= 0.6 is 23.2 Å². The van der Waals surface area contributed by atoms with E-state index in [1.807, 2.05) is 0 Å². The van der Waals surface area contributed by atoms with Crippen LogP contribution in [0.5, 0.6) is 0 Å². The number of anilines is 1. The summed E-state index contributed by atoms with van der Waals surface area (Å²) in [6, 6.07) is 11.7. The predicted molar refractivity (Wildman–Crippen MR) is 81.5 cm³/mol. The summed E-state index contributed by atoms with van der Waals surface area (Å²) in [6.07, 6.45) is -0.540. The molecule has 1 amide bonds. The molecule has 0 radical (unpaired) electrons. The van der Waals surface area contributed by atoms with Gasteiger partial charge in [-0.1, -0.05) is 35.3 Å². The molecule has 20 heavy (non-hydrogen) atoms. The Balaban J connectivity index is 2.17. The van der Waals surface area contributed by atoms with Gasteiger partial charge in [-0.3, -0.25) is 4.79 Å². The van der Waals surface area contributed by atoms with Gasteiger partial charge in [0, 0.05) is 10.7 Å². The molecule has 0 fully saturated rings. The summed E-state index contributed by atoms with van der Waals surface area (Å²) < 4.78 is 0. The van der Waals surface area contributed by atoms with Gasteiger partial charge in [-0.25, -0.2) is 0 Å². The smallest absolute Gasteiger partial charge is 0.257 e. The molecule has 104 valence electrons. The van der Waals surface area contributed by atoms with Crippen molar-refractivity contribution in [2.45, 2.75) is 13.0 Å². The van der Waals surface area contributed by atoms with Crippen LogP contribution in [0.15, 0.2) is 42.5 Å². The minimum absolute atomic E-state index is 0.318. The lowest BCUT2D eigenvalue weighted by atomic mass is 10.1. The molecule has 0 saturated carbocycles. The molecule has 1 atom stereocenters. The molecule has 2 N–H and O–H groups in total. The molecule has 3 nitrogen and oxygen atoms in total. The van der Waals surface area contributed by atoms with E-state index in [2.05, 4.69) is 5.32 Å². The molecule has 2 aromatic carbocycles. The van der Waals surface area contributed by atoms with Crippen LogP contribution in [0.2, 0.25) is 10.0 Å². The summed E-state index contributed by atoms with van der Waals surface area (Å²) in [5, 5.41) is 12.9. The number of nitrogens with one attached hydrogen (secondary N) is 1. The highest BCUT2D eigenvalue weighted by molar-refractivity contribution is 6.36. The Labute approximate surface area is 127 Å². The third-order valence-electron chi connectivity index (χ3n) is 2.82. The van der Waals surface area contributed by atoms with Crippen molar-refractivity contribution in [2.75, 3.05) is 5.32 Å². The Bertz CT molecular complexity index is 624. The van der Waals surface area contributed by atoms with Crippen molar-refractivity contribution in [1.82, 2.24) is 0 Å². The van der Waals surface area contributed by atoms with E-state index in [0.717, 1.165) is 5.56 Å². The number of amides is 1. The Kier molecular flexibility index (Phi) is 4.65. The van der Waals surface area contributed by atoms with E-state index in [9.17, 15) is 9.90 Å². The maximum atomic E-state index is 12.1. The molecule has 0 aliphatic heterocycles. The highest BCUT2D eigenvalue weighted by atomic mass is 35.5. The molecule has 2 rings (SSSR count). The van der Waals surface area contributed by atoms with E-state index >= 15 is 0 Å². The van der Waals surface area contributed by atoms with Crippen molar-refractivity contribution in [3.63, 3.8) is 0 Å². The van der Waals surface area contributed by atoms with E-state index in [1.165, 1.54) is 6.07 Å². The zero-order valence-electron chi connectivity index (χ0n) is 10.7. The van der Waals surface area contributed by atoms with Crippen molar-refractivity contribution in [1.29, 1.82) is 0 Å². The summed E-state index contributed by atoms with van der Waals surface area (Å²) in [5.74, 6) is -0.331. The fourth-order valence-electron chi connectivity index (χ4n) is 1.71. The Morgan fingerprint density at radius 2 is 1.80 bits per heavy atom. The van der Waals surface area contributed by atoms with Crippen molar-refractivity contribution >= 4 is 34.8 Å². The van der Waals surface area contributed by atoms with Gasteiger partial charge in [0.15, 0.2) is 0 Å². The minimum atomic E-state index is -0.540. The van der Waals surface area contributed by atoms with Crippen LogP contribution in [0.4, 0.5) is 5.69 Å². The third-order valence-corrected chi connectivity index (χ3v) is 3.39. The van der Waals surface area contributed by atoms with Gasteiger partial charge in [-0.2, -0.15) is 0 Å². The third kappa shape index (κ3) is 3.51. The lowest BCUT2D eigenvalue weighted by molar-refractivity contribution is 0.102. The summed E-state index contributed by atoms with van der Waals surface area (Å²) in [5.41, 5.74) is 1.72. The van der Waals surface area contributed by atoms with Crippen LogP contribution in [0.1, 0.15) is 28.9 Å². The molecule has 0 aliphatic carbocycles. The van der Waals surface area contributed by atoms with Crippen LogP contribution < -0.4 is 5.32 Å². The fourth-order valence-corrected chi connectivity index (χ4v) is 2.09. The zero-order chi connectivity index (χ0) is 14.7. The number of aliphatic hydroxyl groups is 1. The molecular weight excluding hydrogens is 297 g/mol. The van der Waals surface area contributed by atoms with Gasteiger partial charge in [0.25, 0.3) is 5.91 Å². The molecule has 0 saturated heterocycles. The predicted octanol–water partition coefficient (Wildman–Crippen LogP) is 4.30. The molecule has 0 aliphatic rings. The average molecular weight is 310 g/mol. The Morgan fingerprint density at radius 1 is 1.15 bits per heavy atom. The molecular formula is C15H13Cl2NO2. The van der Waals surface area contributed by atoms with Gasteiger partial charge >= 0.3 is 0 Å². The van der Waals surface area contributed by atoms with Gasteiger partial charge in [-0.15, -0.1) is 0 Å². The van der Waals surface area contributed by atoms with E-state index < -0.39 is 6.10 Å². The van der Waals surface area contributed by atoms with Gasteiger partial charge in [0.1, 0.15) is 0 Å². The molecule has 0 heterocycles. The topological polar surface area (TPSA) is 49.3 Å². The van der Waals surface area contributed by atoms with Crippen molar-refractivity contribution < 1.29 is 9.90 Å². The highest BCUT2D eigenvalue weighted by Gasteiger charge is 2.11. The minimum Gasteiger partial charge on any atom is -0.389 e. The first-order valence-electron chi connectivity index (χ1n) is 6.02. The van der Waals surface area contributed by atoms with E-state index in [0.29, 0.717) is 21.3 Å². The Hall–Kier alpha value is -1.55. The molecule has 5 heteroatoms. The molecule has 1 unspecified atom stereocenters. The standard InChI is InChI=1S/C15H13Cl2NO2/c1-9(19)10-2-5-12(6-3-10)18-15(20)13-8-11(16)4-7-14(13)17/h2-9,19H,1H3,(H,18,20). The largest absolute Gasteiger partial charge is 0.389 e. The number of hydrogen-bond donors (Lipinski definition) is 2. The number of rotatable bonds is 3. The zero-order valence-corrected chi connectivity index (χ0v) is 12.2. The molecule has 0 aromatic heterocycles. The summed E-state index contributed by atoms with van der Waals surface area (Å²) in [7, 11) is 0. The van der Waals surface area contributed by atoms with E-state index in [1.54, 1.807) is 43.3 Å². The van der Waals surface area contributed by atoms with Crippen molar-refractivity contribution in [3.8, 4) is 0 Å². The first-order valence-corrected chi connectivity index (χ1v) is 6.77. The number of carbonyl (C=O) groups excluding carboxylic acids is 1. The van der Waals surface area contributed by atoms with Crippen LogP contribution in [0, 0.1) is 0 Å². The van der Waals surface area contributed by atoms with Gasteiger partial charge in [0.2, 0.25) is 0 Å². The number of hydrogen-bond acceptors (Lipinski definition) is 2.